The fraction of sp³-hybridized carbons (Fsp3) is 0.222. The van der Waals surface area contributed by atoms with Crippen molar-refractivity contribution in [1.82, 2.24) is 9.97 Å². The van der Waals surface area contributed by atoms with Gasteiger partial charge in [0.2, 0.25) is 5.88 Å². The van der Waals surface area contributed by atoms with E-state index in [9.17, 15) is 4.79 Å². The molecule has 0 aromatic carbocycles. The fourth-order valence-corrected chi connectivity index (χ4v) is 0.742. The second kappa shape index (κ2) is 4.36. The minimum atomic E-state index is -0.272. The number of amides is 1. The third kappa shape index (κ3) is 2.55. The molecule has 0 spiro atoms. The van der Waals surface area contributed by atoms with Crippen molar-refractivity contribution in [2.24, 2.45) is 0 Å². The van der Waals surface area contributed by atoms with E-state index in [0.717, 1.165) is 0 Å². The van der Waals surface area contributed by atoms with Gasteiger partial charge in [0, 0.05) is 11.6 Å². The van der Waals surface area contributed by atoms with Crippen LogP contribution in [0.2, 0.25) is 0 Å². The minimum Gasteiger partial charge on any atom is -0.481 e. The maximum Gasteiger partial charge on any atom is 0.251 e. The average molecular weight is 193 g/mol. The van der Waals surface area contributed by atoms with Crippen molar-refractivity contribution in [3.8, 4) is 5.88 Å². The molecule has 5 heteroatoms. The van der Waals surface area contributed by atoms with Gasteiger partial charge in [0.1, 0.15) is 12.1 Å². The van der Waals surface area contributed by atoms with E-state index >= 15 is 0 Å². The standard InChI is InChI=1S/C9H11N3O2/c1-6(2)9(13)12-7-4-8(14-3)11-5-10-7/h4-5H,1H2,2-3H3,(H,10,11,12,13). The van der Waals surface area contributed by atoms with E-state index in [-0.39, 0.29) is 5.91 Å². The Hall–Kier alpha value is -1.91. The average Bonchev–Trinajstić information content (AvgIpc) is 2.18. The van der Waals surface area contributed by atoms with Gasteiger partial charge in [0.15, 0.2) is 0 Å². The molecule has 0 saturated carbocycles. The smallest absolute Gasteiger partial charge is 0.251 e. The maximum absolute atomic E-state index is 11.2. The molecular weight excluding hydrogens is 182 g/mol. The lowest BCUT2D eigenvalue weighted by Gasteiger charge is -2.04. The molecule has 0 aliphatic heterocycles. The SMILES string of the molecule is C=C(C)C(=O)Nc1cc(OC)ncn1. The number of carbonyl (C=O) groups is 1. The predicted molar refractivity (Wildman–Crippen MR) is 52.0 cm³/mol. The normalized spacial score (nSPS) is 9.29. The van der Waals surface area contributed by atoms with Crippen LogP contribution in [0.15, 0.2) is 24.5 Å². The first-order chi connectivity index (χ1) is 6.63. The van der Waals surface area contributed by atoms with Crippen LogP contribution in [0.5, 0.6) is 5.88 Å². The van der Waals surface area contributed by atoms with Gasteiger partial charge in [-0.1, -0.05) is 6.58 Å². The summed E-state index contributed by atoms with van der Waals surface area (Å²) in [7, 11) is 1.49. The molecule has 74 valence electrons. The van der Waals surface area contributed by atoms with Crippen molar-refractivity contribution < 1.29 is 9.53 Å². The third-order valence-electron chi connectivity index (χ3n) is 1.48. The molecule has 0 bridgehead atoms. The lowest BCUT2D eigenvalue weighted by molar-refractivity contribution is -0.112. The maximum atomic E-state index is 11.2. The van der Waals surface area contributed by atoms with Crippen LogP contribution in [-0.2, 0) is 4.79 Å². The second-order valence-electron chi connectivity index (χ2n) is 2.68. The second-order valence-corrected chi connectivity index (χ2v) is 2.68. The number of methoxy groups -OCH3 is 1. The van der Waals surface area contributed by atoms with Crippen LogP contribution >= 0.6 is 0 Å². The van der Waals surface area contributed by atoms with Crippen LogP contribution < -0.4 is 10.1 Å². The highest BCUT2D eigenvalue weighted by Crippen LogP contribution is 2.10. The molecule has 1 aromatic heterocycles. The molecule has 0 fully saturated rings. The van der Waals surface area contributed by atoms with Crippen LogP contribution in [0.1, 0.15) is 6.92 Å². The lowest BCUT2D eigenvalue weighted by atomic mass is 10.3. The van der Waals surface area contributed by atoms with Crippen molar-refractivity contribution in [3.05, 3.63) is 24.5 Å². The number of rotatable bonds is 3. The van der Waals surface area contributed by atoms with Gasteiger partial charge in [-0.3, -0.25) is 4.79 Å². The molecule has 14 heavy (non-hydrogen) atoms. The van der Waals surface area contributed by atoms with Crippen LogP contribution in [0, 0.1) is 0 Å². The molecule has 1 rings (SSSR count). The topological polar surface area (TPSA) is 64.1 Å². The number of aromatic nitrogens is 2. The first-order valence-corrected chi connectivity index (χ1v) is 3.96. The summed E-state index contributed by atoms with van der Waals surface area (Å²) in [5, 5.41) is 2.55. The van der Waals surface area contributed by atoms with E-state index in [1.165, 1.54) is 19.5 Å². The Morgan fingerprint density at radius 2 is 2.29 bits per heavy atom. The molecule has 1 aromatic rings. The van der Waals surface area contributed by atoms with E-state index in [4.69, 9.17) is 4.74 Å². The van der Waals surface area contributed by atoms with Gasteiger partial charge in [-0.15, -0.1) is 0 Å². The number of carbonyl (C=O) groups excluding carboxylic acids is 1. The summed E-state index contributed by atoms with van der Waals surface area (Å²) < 4.78 is 4.87. The molecule has 1 heterocycles. The van der Waals surface area contributed by atoms with E-state index in [2.05, 4.69) is 21.9 Å². The van der Waals surface area contributed by atoms with Crippen LogP contribution in [0.25, 0.3) is 0 Å². The van der Waals surface area contributed by atoms with Crippen molar-refractivity contribution in [2.45, 2.75) is 6.92 Å². The Balaban J connectivity index is 2.76. The van der Waals surface area contributed by atoms with Crippen molar-refractivity contribution in [1.29, 1.82) is 0 Å². The number of anilines is 1. The number of hydrogen-bond donors (Lipinski definition) is 1. The van der Waals surface area contributed by atoms with E-state index < -0.39 is 0 Å². The van der Waals surface area contributed by atoms with Gasteiger partial charge in [0.05, 0.1) is 7.11 Å². The third-order valence-corrected chi connectivity index (χ3v) is 1.48. The molecule has 0 atom stereocenters. The molecule has 0 radical (unpaired) electrons. The van der Waals surface area contributed by atoms with Gasteiger partial charge >= 0.3 is 0 Å². The highest BCUT2D eigenvalue weighted by atomic mass is 16.5. The Kier molecular flexibility index (Phi) is 3.17. The zero-order chi connectivity index (χ0) is 10.6. The first-order valence-electron chi connectivity index (χ1n) is 3.96. The van der Waals surface area contributed by atoms with Gasteiger partial charge in [-0.05, 0) is 6.92 Å². The quantitative estimate of drug-likeness (QED) is 0.727. The Morgan fingerprint density at radius 3 is 2.86 bits per heavy atom. The monoisotopic (exact) mass is 193 g/mol. The first kappa shape index (κ1) is 10.2. The summed E-state index contributed by atoms with van der Waals surface area (Å²) >= 11 is 0. The van der Waals surface area contributed by atoms with E-state index in [1.807, 2.05) is 0 Å². The Labute approximate surface area is 81.8 Å². The lowest BCUT2D eigenvalue weighted by Crippen LogP contribution is -2.13. The molecule has 5 nitrogen and oxygen atoms in total. The van der Waals surface area contributed by atoms with Gasteiger partial charge in [0.25, 0.3) is 5.91 Å². The number of nitrogens with one attached hydrogen (secondary N) is 1. The fourth-order valence-electron chi connectivity index (χ4n) is 0.742. The van der Waals surface area contributed by atoms with Gasteiger partial charge in [-0.2, -0.15) is 0 Å². The summed E-state index contributed by atoms with van der Waals surface area (Å²) in [5.41, 5.74) is 0.419. The molecule has 0 unspecified atom stereocenters. The number of nitrogens with zero attached hydrogens (tertiary/aromatic N) is 2. The molecule has 0 aliphatic rings. The Bertz CT molecular complexity index is 363. The zero-order valence-corrected chi connectivity index (χ0v) is 8.07. The van der Waals surface area contributed by atoms with Crippen molar-refractivity contribution in [3.63, 3.8) is 0 Å². The van der Waals surface area contributed by atoms with Gasteiger partial charge < -0.3 is 10.1 Å². The summed E-state index contributed by atoms with van der Waals surface area (Å²) in [6.45, 7) is 5.13. The van der Waals surface area contributed by atoms with Crippen molar-refractivity contribution >= 4 is 11.7 Å². The van der Waals surface area contributed by atoms with Crippen LogP contribution in [0.4, 0.5) is 5.82 Å². The van der Waals surface area contributed by atoms with Crippen LogP contribution in [0.3, 0.4) is 0 Å². The zero-order valence-electron chi connectivity index (χ0n) is 8.07. The summed E-state index contributed by atoms with van der Waals surface area (Å²) in [5.74, 6) is 0.521. The number of ether oxygens (including phenoxy) is 1. The van der Waals surface area contributed by atoms with Gasteiger partial charge in [-0.25, -0.2) is 9.97 Å². The van der Waals surface area contributed by atoms with E-state index in [1.54, 1.807) is 6.92 Å². The highest BCUT2D eigenvalue weighted by Gasteiger charge is 2.04. The summed E-state index contributed by atoms with van der Waals surface area (Å²) in [6.07, 6.45) is 1.31. The number of hydrogen-bond acceptors (Lipinski definition) is 4. The van der Waals surface area contributed by atoms with E-state index in [0.29, 0.717) is 17.3 Å². The molecule has 1 amide bonds. The highest BCUT2D eigenvalue weighted by molar-refractivity contribution is 6.02. The largest absolute Gasteiger partial charge is 0.481 e. The Morgan fingerprint density at radius 1 is 1.57 bits per heavy atom. The predicted octanol–water partition coefficient (Wildman–Crippen LogP) is 1.000. The van der Waals surface area contributed by atoms with Crippen molar-refractivity contribution in [2.75, 3.05) is 12.4 Å². The molecule has 0 saturated heterocycles. The minimum absolute atomic E-state index is 0.272. The summed E-state index contributed by atoms with van der Waals surface area (Å²) in [4.78, 5) is 18.8. The summed E-state index contributed by atoms with van der Waals surface area (Å²) in [6, 6.07) is 1.53. The molecule has 1 N–H and O–H groups in total. The van der Waals surface area contributed by atoms with Crippen LogP contribution in [-0.4, -0.2) is 23.0 Å². The molecular formula is C9H11N3O2. The molecule has 0 aliphatic carbocycles.